The second kappa shape index (κ2) is 14.1. The molecule has 0 fully saturated rings. The SMILES string of the molecule is CCCCCCCCC#C/C=C\OC[C@@H](O)CO. The molecule has 1 atom stereocenters. The molecule has 104 valence electrons. The molecule has 0 amide bonds. The van der Waals surface area contributed by atoms with Crippen LogP contribution in [0.5, 0.6) is 0 Å². The van der Waals surface area contributed by atoms with E-state index >= 15 is 0 Å². The zero-order chi connectivity index (χ0) is 13.5. The lowest BCUT2D eigenvalue weighted by atomic mass is 10.1. The van der Waals surface area contributed by atoms with Crippen LogP contribution >= 0.6 is 0 Å². The zero-order valence-corrected chi connectivity index (χ0v) is 11.4. The molecule has 0 aromatic carbocycles. The number of aliphatic hydroxyl groups excluding tert-OH is 2. The van der Waals surface area contributed by atoms with Crippen molar-refractivity contribution in [1.82, 2.24) is 0 Å². The number of allylic oxidation sites excluding steroid dienone is 1. The number of rotatable bonds is 10. The predicted molar refractivity (Wildman–Crippen MR) is 74.0 cm³/mol. The fourth-order valence-electron chi connectivity index (χ4n) is 1.43. The Morgan fingerprint density at radius 3 is 2.61 bits per heavy atom. The summed E-state index contributed by atoms with van der Waals surface area (Å²) in [5.41, 5.74) is 0. The average molecular weight is 254 g/mol. The number of hydrogen-bond donors (Lipinski definition) is 2. The lowest BCUT2D eigenvalue weighted by molar-refractivity contribution is 0.0385. The van der Waals surface area contributed by atoms with E-state index < -0.39 is 6.10 Å². The molecule has 3 nitrogen and oxygen atoms in total. The summed E-state index contributed by atoms with van der Waals surface area (Å²) in [6.45, 7) is 2.04. The number of unbranched alkanes of at least 4 members (excludes halogenated alkanes) is 6. The van der Waals surface area contributed by atoms with E-state index in [-0.39, 0.29) is 13.2 Å². The Morgan fingerprint density at radius 2 is 1.89 bits per heavy atom. The molecular weight excluding hydrogens is 228 g/mol. The fourth-order valence-corrected chi connectivity index (χ4v) is 1.43. The highest BCUT2D eigenvalue weighted by Gasteiger charge is 1.98. The van der Waals surface area contributed by atoms with Crippen LogP contribution in [0.25, 0.3) is 0 Å². The van der Waals surface area contributed by atoms with Gasteiger partial charge in [0, 0.05) is 12.5 Å². The smallest absolute Gasteiger partial charge is 0.115 e. The summed E-state index contributed by atoms with van der Waals surface area (Å²) in [6.07, 6.45) is 10.9. The molecule has 0 aromatic heterocycles. The minimum absolute atomic E-state index is 0.103. The topological polar surface area (TPSA) is 49.7 Å². The summed E-state index contributed by atoms with van der Waals surface area (Å²) in [7, 11) is 0. The Labute approximate surface area is 111 Å². The van der Waals surface area contributed by atoms with Crippen molar-refractivity contribution >= 4 is 0 Å². The van der Waals surface area contributed by atoms with E-state index in [0.29, 0.717) is 0 Å². The number of aliphatic hydroxyl groups is 2. The quantitative estimate of drug-likeness (QED) is 0.358. The van der Waals surface area contributed by atoms with Crippen molar-refractivity contribution in [2.45, 2.75) is 58.0 Å². The van der Waals surface area contributed by atoms with Gasteiger partial charge in [0.15, 0.2) is 0 Å². The van der Waals surface area contributed by atoms with Gasteiger partial charge >= 0.3 is 0 Å². The first kappa shape index (κ1) is 17.0. The molecule has 18 heavy (non-hydrogen) atoms. The molecule has 0 heterocycles. The van der Waals surface area contributed by atoms with Crippen molar-refractivity contribution in [3.05, 3.63) is 12.3 Å². The summed E-state index contributed by atoms with van der Waals surface area (Å²) in [4.78, 5) is 0. The zero-order valence-electron chi connectivity index (χ0n) is 11.4. The molecule has 0 saturated carbocycles. The van der Waals surface area contributed by atoms with Crippen LogP contribution in [-0.2, 0) is 4.74 Å². The lowest BCUT2D eigenvalue weighted by Crippen LogP contribution is -2.17. The van der Waals surface area contributed by atoms with E-state index in [1.54, 1.807) is 6.08 Å². The van der Waals surface area contributed by atoms with E-state index in [1.807, 2.05) is 0 Å². The first-order valence-electron chi connectivity index (χ1n) is 6.85. The van der Waals surface area contributed by atoms with E-state index in [9.17, 15) is 0 Å². The minimum atomic E-state index is -0.814. The van der Waals surface area contributed by atoms with Crippen LogP contribution in [0.3, 0.4) is 0 Å². The highest BCUT2D eigenvalue weighted by atomic mass is 16.5. The van der Waals surface area contributed by atoms with E-state index in [2.05, 4.69) is 18.8 Å². The van der Waals surface area contributed by atoms with Gasteiger partial charge < -0.3 is 14.9 Å². The summed E-state index contributed by atoms with van der Waals surface area (Å²) >= 11 is 0. The van der Waals surface area contributed by atoms with Crippen molar-refractivity contribution in [2.75, 3.05) is 13.2 Å². The van der Waals surface area contributed by atoms with Gasteiger partial charge in [0.05, 0.1) is 12.9 Å². The van der Waals surface area contributed by atoms with Crippen molar-refractivity contribution in [1.29, 1.82) is 0 Å². The summed E-state index contributed by atoms with van der Waals surface area (Å²) in [5, 5.41) is 17.5. The van der Waals surface area contributed by atoms with Crippen LogP contribution in [0.15, 0.2) is 12.3 Å². The van der Waals surface area contributed by atoms with Crippen LogP contribution in [0.4, 0.5) is 0 Å². The Kier molecular flexibility index (Phi) is 13.3. The van der Waals surface area contributed by atoms with Crippen LogP contribution in [0.2, 0.25) is 0 Å². The number of ether oxygens (including phenoxy) is 1. The van der Waals surface area contributed by atoms with E-state index in [0.717, 1.165) is 12.8 Å². The number of hydrogen-bond acceptors (Lipinski definition) is 3. The molecule has 0 aliphatic rings. The highest BCUT2D eigenvalue weighted by Crippen LogP contribution is 2.05. The molecule has 0 aliphatic heterocycles. The van der Waals surface area contributed by atoms with E-state index in [1.165, 1.54) is 38.4 Å². The van der Waals surface area contributed by atoms with Gasteiger partial charge in [-0.1, -0.05) is 50.9 Å². The highest BCUT2D eigenvalue weighted by molar-refractivity contribution is 5.13. The van der Waals surface area contributed by atoms with Gasteiger partial charge in [0.1, 0.15) is 12.7 Å². The first-order chi connectivity index (χ1) is 8.81. The second-order valence-corrected chi connectivity index (χ2v) is 4.31. The standard InChI is InChI=1S/C15H26O3/c1-2-3-4-5-6-7-8-9-10-11-12-18-14-15(17)13-16/h11-12,15-17H,2-8,13-14H2,1H3/b12-11-/t15-/m0/s1. The van der Waals surface area contributed by atoms with E-state index in [4.69, 9.17) is 14.9 Å². The molecule has 0 bridgehead atoms. The van der Waals surface area contributed by atoms with Crippen LogP contribution in [0.1, 0.15) is 51.9 Å². The molecule has 0 spiro atoms. The maximum atomic E-state index is 8.97. The third-order valence-electron chi connectivity index (χ3n) is 2.50. The molecule has 3 heteroatoms. The molecule has 0 aliphatic carbocycles. The van der Waals surface area contributed by atoms with Crippen molar-refractivity contribution in [2.24, 2.45) is 0 Å². The summed E-state index contributed by atoms with van der Waals surface area (Å²) in [5.74, 6) is 5.93. The molecule has 0 rings (SSSR count). The molecule has 0 saturated heterocycles. The van der Waals surface area contributed by atoms with Crippen LogP contribution in [-0.4, -0.2) is 29.5 Å². The molecule has 0 radical (unpaired) electrons. The molecular formula is C15H26O3. The third kappa shape index (κ3) is 13.1. The van der Waals surface area contributed by atoms with Gasteiger partial charge in [-0.2, -0.15) is 0 Å². The Morgan fingerprint density at radius 1 is 1.17 bits per heavy atom. The van der Waals surface area contributed by atoms with Gasteiger partial charge in [0.25, 0.3) is 0 Å². The largest absolute Gasteiger partial charge is 0.498 e. The molecule has 2 N–H and O–H groups in total. The van der Waals surface area contributed by atoms with Crippen LogP contribution < -0.4 is 0 Å². The summed E-state index contributed by atoms with van der Waals surface area (Å²) in [6, 6.07) is 0. The first-order valence-corrected chi connectivity index (χ1v) is 6.85. The lowest BCUT2D eigenvalue weighted by Gasteiger charge is -2.04. The van der Waals surface area contributed by atoms with Crippen molar-refractivity contribution in [3.8, 4) is 11.8 Å². The summed E-state index contributed by atoms with van der Waals surface area (Å²) < 4.78 is 4.97. The van der Waals surface area contributed by atoms with Gasteiger partial charge in [-0.3, -0.25) is 0 Å². The predicted octanol–water partition coefficient (Wildman–Crippen LogP) is 2.62. The molecule has 0 unspecified atom stereocenters. The van der Waals surface area contributed by atoms with Gasteiger partial charge in [-0.25, -0.2) is 0 Å². The second-order valence-electron chi connectivity index (χ2n) is 4.31. The minimum Gasteiger partial charge on any atom is -0.498 e. The van der Waals surface area contributed by atoms with Gasteiger partial charge in [0.2, 0.25) is 0 Å². The average Bonchev–Trinajstić information content (AvgIpc) is 2.39. The fraction of sp³-hybridized carbons (Fsp3) is 0.733. The van der Waals surface area contributed by atoms with Crippen LogP contribution in [0, 0.1) is 11.8 Å². The van der Waals surface area contributed by atoms with Crippen molar-refractivity contribution in [3.63, 3.8) is 0 Å². The maximum absolute atomic E-state index is 8.97. The Balaban J connectivity index is 3.30. The Hall–Kier alpha value is -0.980. The third-order valence-corrected chi connectivity index (χ3v) is 2.50. The Bertz CT molecular complexity index is 250. The van der Waals surface area contributed by atoms with Gasteiger partial charge in [-0.05, 0) is 6.42 Å². The van der Waals surface area contributed by atoms with Crippen molar-refractivity contribution < 1.29 is 14.9 Å². The normalized spacial score (nSPS) is 12.2. The molecule has 0 aromatic rings. The monoisotopic (exact) mass is 254 g/mol. The van der Waals surface area contributed by atoms with Gasteiger partial charge in [-0.15, -0.1) is 0 Å². The maximum Gasteiger partial charge on any atom is 0.115 e.